The lowest BCUT2D eigenvalue weighted by Crippen LogP contribution is -2.24. The number of hydrogen-bond acceptors (Lipinski definition) is 1. The number of benzene rings is 1. The molecule has 0 bridgehead atoms. The minimum Gasteiger partial charge on any atom is -0.388 e. The first-order valence-corrected chi connectivity index (χ1v) is 6.67. The molecule has 0 aliphatic heterocycles. The Balaban J connectivity index is 2.28. The molecule has 1 fully saturated rings. The van der Waals surface area contributed by atoms with Crippen molar-refractivity contribution in [3.8, 4) is 0 Å². The van der Waals surface area contributed by atoms with E-state index < -0.39 is 0 Å². The third-order valence-electron chi connectivity index (χ3n) is 4.47. The first kappa shape index (κ1) is 12.6. The predicted molar refractivity (Wildman–Crippen MR) is 72.0 cm³/mol. The Kier molecular flexibility index (Phi) is 3.31. The highest BCUT2D eigenvalue weighted by atomic mass is 16.3. The second-order valence-corrected chi connectivity index (χ2v) is 6.29. The minimum atomic E-state index is -0.298. The Morgan fingerprint density at radius 3 is 2.53 bits per heavy atom. The Morgan fingerprint density at radius 1 is 1.29 bits per heavy atom. The van der Waals surface area contributed by atoms with Crippen LogP contribution >= 0.6 is 0 Å². The van der Waals surface area contributed by atoms with E-state index in [2.05, 4.69) is 45.9 Å². The highest BCUT2D eigenvalue weighted by Crippen LogP contribution is 2.49. The Hall–Kier alpha value is -0.820. The zero-order valence-corrected chi connectivity index (χ0v) is 11.5. The van der Waals surface area contributed by atoms with Gasteiger partial charge >= 0.3 is 0 Å². The Labute approximate surface area is 105 Å². The molecule has 94 valence electrons. The van der Waals surface area contributed by atoms with Crippen molar-refractivity contribution < 1.29 is 5.11 Å². The molecule has 1 aliphatic carbocycles. The molecule has 1 aromatic carbocycles. The van der Waals surface area contributed by atoms with Gasteiger partial charge < -0.3 is 5.11 Å². The molecule has 0 aromatic heterocycles. The van der Waals surface area contributed by atoms with Gasteiger partial charge in [-0.25, -0.2) is 0 Å². The number of aliphatic hydroxyl groups is 1. The Morgan fingerprint density at radius 2 is 2.00 bits per heavy atom. The average molecular weight is 232 g/mol. The fourth-order valence-corrected chi connectivity index (χ4v) is 3.31. The van der Waals surface area contributed by atoms with Crippen molar-refractivity contribution in [1.82, 2.24) is 0 Å². The molecular weight excluding hydrogens is 208 g/mol. The molecule has 2 atom stereocenters. The summed E-state index contributed by atoms with van der Waals surface area (Å²) in [6.45, 7) is 8.78. The van der Waals surface area contributed by atoms with Crippen molar-refractivity contribution in [2.45, 2.75) is 53.1 Å². The van der Waals surface area contributed by atoms with Crippen LogP contribution in [0.2, 0.25) is 0 Å². The second-order valence-electron chi connectivity index (χ2n) is 6.29. The van der Waals surface area contributed by atoms with Crippen LogP contribution in [0.25, 0.3) is 0 Å². The van der Waals surface area contributed by atoms with Crippen molar-refractivity contribution in [2.24, 2.45) is 11.3 Å². The van der Waals surface area contributed by atoms with Gasteiger partial charge in [-0.15, -0.1) is 0 Å². The van der Waals surface area contributed by atoms with Crippen molar-refractivity contribution in [3.05, 3.63) is 34.9 Å². The lowest BCUT2D eigenvalue weighted by molar-refractivity contribution is 0.0527. The average Bonchev–Trinajstić information content (AvgIpc) is 2.57. The Bertz CT molecular complexity index is 406. The molecule has 1 nitrogen and oxygen atoms in total. The SMILES string of the molecule is Cc1ccc(C(O)C2CCCC2(C)C)c(C)c1. The molecule has 2 unspecified atom stereocenters. The molecule has 1 N–H and O–H groups in total. The number of aliphatic hydroxyl groups excluding tert-OH is 1. The summed E-state index contributed by atoms with van der Waals surface area (Å²) in [6, 6.07) is 6.37. The van der Waals surface area contributed by atoms with Gasteiger partial charge in [-0.2, -0.15) is 0 Å². The summed E-state index contributed by atoms with van der Waals surface area (Å²) in [5.41, 5.74) is 3.89. The van der Waals surface area contributed by atoms with Crippen LogP contribution in [-0.4, -0.2) is 5.11 Å². The molecule has 0 spiro atoms. The van der Waals surface area contributed by atoms with E-state index >= 15 is 0 Å². The van der Waals surface area contributed by atoms with Crippen LogP contribution in [0.3, 0.4) is 0 Å². The van der Waals surface area contributed by atoms with E-state index in [0.717, 1.165) is 12.0 Å². The van der Waals surface area contributed by atoms with E-state index in [0.29, 0.717) is 5.92 Å². The zero-order chi connectivity index (χ0) is 12.6. The first-order chi connectivity index (χ1) is 7.92. The largest absolute Gasteiger partial charge is 0.388 e. The summed E-state index contributed by atoms with van der Waals surface area (Å²) < 4.78 is 0. The molecule has 1 aliphatic rings. The molecule has 0 saturated heterocycles. The van der Waals surface area contributed by atoms with Gasteiger partial charge in [0.25, 0.3) is 0 Å². The maximum atomic E-state index is 10.6. The number of aryl methyl sites for hydroxylation is 2. The van der Waals surface area contributed by atoms with E-state index in [4.69, 9.17) is 0 Å². The lowest BCUT2D eigenvalue weighted by atomic mass is 9.76. The number of hydrogen-bond donors (Lipinski definition) is 1. The second kappa shape index (κ2) is 4.45. The van der Waals surface area contributed by atoms with Crippen molar-refractivity contribution in [2.75, 3.05) is 0 Å². The monoisotopic (exact) mass is 232 g/mol. The molecule has 1 aromatic rings. The molecule has 0 heterocycles. The summed E-state index contributed by atoms with van der Waals surface area (Å²) in [5.74, 6) is 0.406. The fraction of sp³-hybridized carbons (Fsp3) is 0.625. The van der Waals surface area contributed by atoms with E-state index in [9.17, 15) is 5.11 Å². The van der Waals surface area contributed by atoms with Crippen molar-refractivity contribution in [1.29, 1.82) is 0 Å². The molecular formula is C16H24O. The quantitative estimate of drug-likeness (QED) is 0.811. The maximum absolute atomic E-state index is 10.6. The normalized spacial score (nSPS) is 24.9. The van der Waals surface area contributed by atoms with Crippen LogP contribution in [0.5, 0.6) is 0 Å². The van der Waals surface area contributed by atoms with Gasteiger partial charge in [-0.3, -0.25) is 0 Å². The highest BCUT2D eigenvalue weighted by molar-refractivity contribution is 5.32. The van der Waals surface area contributed by atoms with Gasteiger partial charge in [0.2, 0.25) is 0 Å². The maximum Gasteiger partial charge on any atom is 0.0825 e. The molecule has 0 amide bonds. The first-order valence-electron chi connectivity index (χ1n) is 6.67. The summed E-state index contributed by atoms with van der Waals surface area (Å²) in [7, 11) is 0. The van der Waals surface area contributed by atoms with Gasteiger partial charge in [0.05, 0.1) is 6.10 Å². The summed E-state index contributed by atoms with van der Waals surface area (Å²) in [4.78, 5) is 0. The standard InChI is InChI=1S/C16H24O/c1-11-7-8-13(12(2)10-11)15(17)14-6-5-9-16(14,3)4/h7-8,10,14-15,17H,5-6,9H2,1-4H3. The van der Waals surface area contributed by atoms with E-state index in [1.807, 2.05) is 0 Å². The topological polar surface area (TPSA) is 20.2 Å². The predicted octanol–water partition coefficient (Wildman–Crippen LogP) is 4.16. The van der Waals surface area contributed by atoms with Gasteiger partial charge in [0.15, 0.2) is 0 Å². The van der Waals surface area contributed by atoms with Crippen molar-refractivity contribution in [3.63, 3.8) is 0 Å². The summed E-state index contributed by atoms with van der Waals surface area (Å²) in [6.07, 6.45) is 3.34. The summed E-state index contributed by atoms with van der Waals surface area (Å²) >= 11 is 0. The van der Waals surface area contributed by atoms with Crippen LogP contribution in [0.4, 0.5) is 0 Å². The van der Waals surface area contributed by atoms with Crippen LogP contribution < -0.4 is 0 Å². The molecule has 17 heavy (non-hydrogen) atoms. The molecule has 1 saturated carbocycles. The van der Waals surface area contributed by atoms with Crippen LogP contribution in [0.15, 0.2) is 18.2 Å². The van der Waals surface area contributed by atoms with Crippen molar-refractivity contribution >= 4 is 0 Å². The third kappa shape index (κ3) is 2.40. The fourth-order valence-electron chi connectivity index (χ4n) is 3.31. The highest BCUT2D eigenvalue weighted by Gasteiger charge is 2.39. The minimum absolute atomic E-state index is 0.275. The lowest BCUT2D eigenvalue weighted by Gasteiger charge is -2.32. The smallest absolute Gasteiger partial charge is 0.0825 e. The zero-order valence-electron chi connectivity index (χ0n) is 11.5. The van der Waals surface area contributed by atoms with Crippen LogP contribution in [-0.2, 0) is 0 Å². The van der Waals surface area contributed by atoms with Gasteiger partial charge in [-0.1, -0.05) is 44.0 Å². The molecule has 0 radical (unpaired) electrons. The van der Waals surface area contributed by atoms with Gasteiger partial charge in [0.1, 0.15) is 0 Å². The van der Waals surface area contributed by atoms with Gasteiger partial charge in [-0.05, 0) is 49.1 Å². The van der Waals surface area contributed by atoms with Crippen LogP contribution in [0, 0.1) is 25.2 Å². The molecule has 1 heteroatoms. The van der Waals surface area contributed by atoms with Gasteiger partial charge in [0, 0.05) is 0 Å². The number of rotatable bonds is 2. The van der Waals surface area contributed by atoms with E-state index in [-0.39, 0.29) is 11.5 Å². The molecule has 2 rings (SSSR count). The van der Waals surface area contributed by atoms with E-state index in [1.54, 1.807) is 0 Å². The van der Waals surface area contributed by atoms with Crippen LogP contribution in [0.1, 0.15) is 55.9 Å². The van der Waals surface area contributed by atoms with E-state index in [1.165, 1.54) is 24.0 Å². The summed E-state index contributed by atoms with van der Waals surface area (Å²) in [5, 5.41) is 10.6. The third-order valence-corrected chi connectivity index (χ3v) is 4.47.